The van der Waals surface area contributed by atoms with Crippen molar-refractivity contribution >= 4 is 56.5 Å². The Morgan fingerprint density at radius 3 is 2.61 bits per heavy atom. The van der Waals surface area contributed by atoms with Crippen molar-refractivity contribution in [2.45, 2.75) is 32.0 Å². The highest BCUT2D eigenvalue weighted by molar-refractivity contribution is 7.21. The highest BCUT2D eigenvalue weighted by atomic mass is 32.1. The second-order valence-electron chi connectivity index (χ2n) is 10.5. The van der Waals surface area contributed by atoms with Crippen LogP contribution >= 0.6 is 11.3 Å². The van der Waals surface area contributed by atoms with Crippen molar-refractivity contribution in [2.24, 2.45) is 0 Å². The number of rotatable bonds is 6. The normalized spacial score (nSPS) is 16.5. The lowest BCUT2D eigenvalue weighted by molar-refractivity contribution is -0.140. The van der Waals surface area contributed by atoms with Crippen LogP contribution in [0.4, 0.5) is 35.0 Å². The molecule has 0 bridgehead atoms. The fourth-order valence-corrected chi connectivity index (χ4v) is 6.42. The first-order chi connectivity index (χ1) is 21.0. The van der Waals surface area contributed by atoms with Gasteiger partial charge in [0.1, 0.15) is 26.8 Å². The van der Waals surface area contributed by atoms with Gasteiger partial charge in [-0.3, -0.25) is 14.5 Å². The Morgan fingerprint density at radius 1 is 1.11 bits per heavy atom. The van der Waals surface area contributed by atoms with Gasteiger partial charge in [-0.2, -0.15) is 13.2 Å². The Hall–Kier alpha value is -4.91. The number of alkyl halides is 3. The van der Waals surface area contributed by atoms with Crippen LogP contribution in [0.5, 0.6) is 11.5 Å². The number of nitrogens with one attached hydrogen (secondary N) is 2. The molecule has 1 atom stereocenters. The van der Waals surface area contributed by atoms with Crippen molar-refractivity contribution in [2.75, 3.05) is 23.3 Å². The van der Waals surface area contributed by atoms with Crippen LogP contribution < -0.4 is 20.3 Å². The number of pyridine rings is 1. The minimum atomic E-state index is -4.83. The molecule has 0 aliphatic carbocycles. The number of aromatic nitrogens is 1. The number of carbonyl (C=O) groups excluding carboxylic acids is 3. The van der Waals surface area contributed by atoms with Gasteiger partial charge >= 0.3 is 12.2 Å². The molecule has 9 nitrogen and oxygen atoms in total. The van der Waals surface area contributed by atoms with Gasteiger partial charge in [-0.25, -0.2) is 9.78 Å². The van der Waals surface area contributed by atoms with E-state index in [9.17, 15) is 27.6 Å². The third kappa shape index (κ3) is 5.46. The van der Waals surface area contributed by atoms with E-state index in [1.54, 1.807) is 24.4 Å². The minimum Gasteiger partial charge on any atom is -0.457 e. The smallest absolute Gasteiger partial charge is 0.421 e. The number of amides is 4. The zero-order chi connectivity index (χ0) is 31.2. The number of para-hydroxylation sites is 1. The predicted molar refractivity (Wildman–Crippen MR) is 161 cm³/mol. The summed E-state index contributed by atoms with van der Waals surface area (Å²) in [6.07, 6.45) is -2.39. The molecule has 4 aromatic rings. The van der Waals surface area contributed by atoms with E-state index < -0.39 is 35.6 Å². The molecule has 0 radical (unpaired) electrons. The van der Waals surface area contributed by atoms with Gasteiger partial charge in [0, 0.05) is 25.3 Å². The standard InChI is InChI=1S/C31H26F3N5O4S/c1-17-15-21(43-20-8-4-3-5-9-20)10-11-22(17)39-23-12-13-35-28-24(23)25(37-30(39)42)26(44-28)27(40)36-19-7-6-14-38(16-19)29(41)18(2)31(32,33)34/h3-5,8-13,15,19H,2,6-7,14,16H2,1H3,(H,36,40)(H,37,42). The number of anilines is 3. The Labute approximate surface area is 253 Å². The summed E-state index contributed by atoms with van der Waals surface area (Å²) in [6.45, 7) is 4.80. The van der Waals surface area contributed by atoms with Gasteiger partial charge in [-0.1, -0.05) is 24.8 Å². The van der Waals surface area contributed by atoms with E-state index in [0.717, 1.165) is 21.8 Å². The van der Waals surface area contributed by atoms with E-state index in [0.29, 0.717) is 51.6 Å². The van der Waals surface area contributed by atoms with Crippen LogP contribution in [0.1, 0.15) is 28.1 Å². The lowest BCUT2D eigenvalue weighted by Gasteiger charge is -2.34. The van der Waals surface area contributed by atoms with E-state index >= 15 is 0 Å². The molecule has 226 valence electrons. The number of hydrogen-bond donors (Lipinski definition) is 2. The Kier molecular flexibility index (Phi) is 7.49. The second-order valence-corrected chi connectivity index (χ2v) is 11.5. The molecule has 6 rings (SSSR count). The Bertz CT molecular complexity index is 1810. The highest BCUT2D eigenvalue weighted by Crippen LogP contribution is 2.46. The lowest BCUT2D eigenvalue weighted by atomic mass is 10.0. The van der Waals surface area contributed by atoms with E-state index in [2.05, 4.69) is 22.2 Å². The fraction of sp³-hybridized carbons (Fsp3) is 0.226. The zero-order valence-electron chi connectivity index (χ0n) is 23.4. The van der Waals surface area contributed by atoms with Crippen molar-refractivity contribution < 1.29 is 32.3 Å². The summed E-state index contributed by atoms with van der Waals surface area (Å²) in [5, 5.41) is 6.26. The van der Waals surface area contributed by atoms with E-state index in [1.807, 2.05) is 43.3 Å². The number of ether oxygens (including phenoxy) is 1. The van der Waals surface area contributed by atoms with Gasteiger partial charge in [0.15, 0.2) is 0 Å². The van der Waals surface area contributed by atoms with Gasteiger partial charge in [0.2, 0.25) is 0 Å². The maximum atomic E-state index is 13.5. The van der Waals surface area contributed by atoms with Crippen molar-refractivity contribution in [3.05, 3.63) is 83.4 Å². The second kappa shape index (κ2) is 11.3. The topological polar surface area (TPSA) is 104 Å². The number of hydrogen-bond acceptors (Lipinski definition) is 6. The van der Waals surface area contributed by atoms with Crippen LogP contribution in [0.25, 0.3) is 10.2 Å². The number of likely N-dealkylation sites (tertiary alicyclic amines) is 1. The molecule has 0 saturated carbocycles. The van der Waals surface area contributed by atoms with E-state index in [4.69, 9.17) is 4.74 Å². The summed E-state index contributed by atoms with van der Waals surface area (Å²) in [4.78, 5) is 47.1. The van der Waals surface area contributed by atoms with E-state index in [1.165, 1.54) is 4.90 Å². The third-order valence-electron chi connectivity index (χ3n) is 7.48. The van der Waals surface area contributed by atoms with Crippen molar-refractivity contribution in [1.29, 1.82) is 0 Å². The maximum absolute atomic E-state index is 13.5. The molecule has 13 heteroatoms. The number of thiophene rings is 1. The zero-order valence-corrected chi connectivity index (χ0v) is 24.2. The Balaban J connectivity index is 1.25. The summed E-state index contributed by atoms with van der Waals surface area (Å²) in [7, 11) is 0. The van der Waals surface area contributed by atoms with Crippen LogP contribution in [-0.4, -0.2) is 53.0 Å². The number of urea groups is 1. The predicted octanol–water partition coefficient (Wildman–Crippen LogP) is 6.92. The van der Waals surface area contributed by atoms with Crippen molar-refractivity contribution in [3.63, 3.8) is 0 Å². The third-order valence-corrected chi connectivity index (χ3v) is 8.58. The molecule has 1 fully saturated rings. The molecule has 2 aliphatic rings. The van der Waals surface area contributed by atoms with Crippen LogP contribution in [0.2, 0.25) is 0 Å². The molecule has 0 spiro atoms. The van der Waals surface area contributed by atoms with Gasteiger partial charge in [-0.05, 0) is 61.7 Å². The van der Waals surface area contributed by atoms with E-state index in [-0.39, 0.29) is 18.0 Å². The highest BCUT2D eigenvalue weighted by Gasteiger charge is 2.40. The molecule has 44 heavy (non-hydrogen) atoms. The van der Waals surface area contributed by atoms with Crippen LogP contribution in [0.15, 0.2) is 72.9 Å². The minimum absolute atomic E-state index is 0.0905. The summed E-state index contributed by atoms with van der Waals surface area (Å²) in [5.74, 6) is -0.436. The average Bonchev–Trinajstić information content (AvgIpc) is 3.37. The lowest BCUT2D eigenvalue weighted by Crippen LogP contribution is -2.50. The molecule has 2 aliphatic heterocycles. The quantitative estimate of drug-likeness (QED) is 0.228. The number of halogens is 3. The van der Waals surface area contributed by atoms with Gasteiger partial charge in [-0.15, -0.1) is 11.3 Å². The van der Waals surface area contributed by atoms with Gasteiger partial charge < -0.3 is 20.3 Å². The summed E-state index contributed by atoms with van der Waals surface area (Å²) in [5.41, 5.74) is 0.801. The molecular weight excluding hydrogens is 595 g/mol. The first-order valence-electron chi connectivity index (χ1n) is 13.7. The summed E-state index contributed by atoms with van der Waals surface area (Å²) in [6, 6.07) is 15.4. The molecule has 2 aromatic heterocycles. The van der Waals surface area contributed by atoms with Gasteiger partial charge in [0.05, 0.1) is 22.4 Å². The summed E-state index contributed by atoms with van der Waals surface area (Å²) < 4.78 is 45.0. The number of nitrogens with zero attached hydrogens (tertiary/aromatic N) is 3. The van der Waals surface area contributed by atoms with Crippen molar-refractivity contribution in [3.8, 4) is 11.5 Å². The molecule has 2 aromatic carbocycles. The van der Waals surface area contributed by atoms with Crippen LogP contribution in [0, 0.1) is 6.92 Å². The van der Waals surface area contributed by atoms with Crippen molar-refractivity contribution in [1.82, 2.24) is 15.2 Å². The number of carbonyl (C=O) groups is 3. The monoisotopic (exact) mass is 621 g/mol. The maximum Gasteiger partial charge on any atom is 0.421 e. The molecule has 1 saturated heterocycles. The summed E-state index contributed by atoms with van der Waals surface area (Å²) >= 11 is 1.09. The average molecular weight is 622 g/mol. The number of piperidine rings is 1. The van der Waals surface area contributed by atoms with Crippen LogP contribution in [0.3, 0.4) is 0 Å². The molecule has 4 heterocycles. The first-order valence-corrected chi connectivity index (χ1v) is 14.6. The first kappa shape index (κ1) is 29.2. The van der Waals surface area contributed by atoms with Crippen LogP contribution in [-0.2, 0) is 4.79 Å². The number of benzene rings is 2. The molecule has 2 N–H and O–H groups in total. The molecule has 1 unspecified atom stereocenters. The fourth-order valence-electron chi connectivity index (χ4n) is 5.39. The molecule has 4 amide bonds. The molecular formula is C31H26F3N5O4S. The SMILES string of the molecule is C=C(C(=O)N1CCCC(NC(=O)c2sc3nccc4c3c2NC(=O)N4c2ccc(Oc3ccccc3)cc2C)C1)C(F)(F)F. The Morgan fingerprint density at radius 2 is 1.89 bits per heavy atom. The van der Waals surface area contributed by atoms with Gasteiger partial charge in [0.25, 0.3) is 11.8 Å². The largest absolute Gasteiger partial charge is 0.457 e. The number of aryl methyl sites for hydroxylation is 1.